The maximum Gasteiger partial charge on any atom is 0.407 e. The SMILES string of the molecule is CCn1cnc2c(N3CCc4cc(=O)[nH]nc4C3)nc(NC[C@@H](C)CNC(=O)OC(C)(C)C)nc21. The fourth-order valence-corrected chi connectivity index (χ4v) is 3.89. The van der Waals surface area contributed by atoms with E-state index in [0.29, 0.717) is 38.5 Å². The fourth-order valence-electron chi connectivity index (χ4n) is 3.89. The van der Waals surface area contributed by atoms with Gasteiger partial charge in [0.1, 0.15) is 5.60 Å². The molecular formula is C23H33N9O3. The van der Waals surface area contributed by atoms with Crippen molar-refractivity contribution < 1.29 is 9.53 Å². The summed E-state index contributed by atoms with van der Waals surface area (Å²) in [5.41, 5.74) is 2.54. The van der Waals surface area contributed by atoms with Crippen molar-refractivity contribution in [1.82, 2.24) is 35.0 Å². The lowest BCUT2D eigenvalue weighted by molar-refractivity contribution is 0.0521. The van der Waals surface area contributed by atoms with Crippen molar-refractivity contribution in [3.63, 3.8) is 0 Å². The van der Waals surface area contributed by atoms with Gasteiger partial charge in [-0.05, 0) is 45.6 Å². The summed E-state index contributed by atoms with van der Waals surface area (Å²) >= 11 is 0. The van der Waals surface area contributed by atoms with E-state index in [-0.39, 0.29) is 11.5 Å². The molecule has 1 aliphatic rings. The van der Waals surface area contributed by atoms with Gasteiger partial charge in [0.25, 0.3) is 5.56 Å². The van der Waals surface area contributed by atoms with Crippen molar-refractivity contribution in [2.45, 2.75) is 59.7 Å². The molecule has 35 heavy (non-hydrogen) atoms. The first-order valence-corrected chi connectivity index (χ1v) is 11.9. The van der Waals surface area contributed by atoms with Gasteiger partial charge in [0.15, 0.2) is 17.0 Å². The van der Waals surface area contributed by atoms with E-state index in [1.54, 1.807) is 12.4 Å². The number of imidazole rings is 1. The number of aromatic nitrogens is 6. The first-order chi connectivity index (χ1) is 16.6. The number of aryl methyl sites for hydroxylation is 1. The van der Waals surface area contributed by atoms with Crippen LogP contribution in [0, 0.1) is 5.92 Å². The minimum Gasteiger partial charge on any atom is -0.444 e. The second-order valence-electron chi connectivity index (χ2n) is 9.82. The summed E-state index contributed by atoms with van der Waals surface area (Å²) < 4.78 is 7.27. The van der Waals surface area contributed by atoms with Crippen molar-refractivity contribution in [3.05, 3.63) is 34.0 Å². The number of fused-ring (bicyclic) bond motifs is 2. The normalized spacial score (nSPS) is 14.5. The van der Waals surface area contributed by atoms with Gasteiger partial charge in [-0.15, -0.1) is 0 Å². The molecule has 1 atom stereocenters. The van der Waals surface area contributed by atoms with Gasteiger partial charge in [0.05, 0.1) is 18.6 Å². The second kappa shape index (κ2) is 9.88. The Morgan fingerprint density at radius 2 is 2.09 bits per heavy atom. The predicted octanol–water partition coefficient (Wildman–Crippen LogP) is 2.06. The Morgan fingerprint density at radius 1 is 1.29 bits per heavy atom. The van der Waals surface area contributed by atoms with Gasteiger partial charge in [-0.3, -0.25) is 4.79 Å². The van der Waals surface area contributed by atoms with Crippen LogP contribution in [-0.4, -0.2) is 61.0 Å². The molecule has 0 aromatic carbocycles. The number of carbonyl (C=O) groups excluding carboxylic acids is 1. The molecule has 3 aromatic rings. The van der Waals surface area contributed by atoms with Crippen LogP contribution in [0.5, 0.6) is 0 Å². The highest BCUT2D eigenvalue weighted by Crippen LogP contribution is 2.28. The van der Waals surface area contributed by atoms with E-state index in [9.17, 15) is 9.59 Å². The lowest BCUT2D eigenvalue weighted by atomic mass is 10.1. The molecule has 4 heterocycles. The van der Waals surface area contributed by atoms with E-state index < -0.39 is 11.7 Å². The van der Waals surface area contributed by atoms with E-state index in [0.717, 1.165) is 34.8 Å². The molecule has 3 N–H and O–H groups in total. The fraction of sp³-hybridized carbons (Fsp3) is 0.565. The van der Waals surface area contributed by atoms with Gasteiger partial charge < -0.3 is 24.8 Å². The van der Waals surface area contributed by atoms with Gasteiger partial charge in [0, 0.05) is 32.2 Å². The van der Waals surface area contributed by atoms with Gasteiger partial charge >= 0.3 is 6.09 Å². The van der Waals surface area contributed by atoms with Gasteiger partial charge in [-0.2, -0.15) is 15.1 Å². The number of alkyl carbamates (subject to hydrolysis) is 1. The first kappa shape index (κ1) is 24.4. The maximum atomic E-state index is 11.9. The van der Waals surface area contributed by atoms with Crippen LogP contribution < -0.4 is 21.1 Å². The standard InChI is InChI=1S/C23H33N9O3/c1-6-31-13-26-18-19(31)27-21(24-10-14(2)11-25-22(34)35-23(3,4)5)28-20(18)32-8-7-15-9-17(33)30-29-16(15)12-32/h9,13-14H,6-8,10-12H2,1-5H3,(H,25,34)(H,30,33)(H,24,27,28)/t14-/m1/s1. The number of hydrogen-bond donors (Lipinski definition) is 3. The third-order valence-corrected chi connectivity index (χ3v) is 5.66. The number of nitrogens with zero attached hydrogens (tertiary/aromatic N) is 6. The molecule has 12 heteroatoms. The Morgan fingerprint density at radius 3 is 2.83 bits per heavy atom. The predicted molar refractivity (Wildman–Crippen MR) is 132 cm³/mol. The summed E-state index contributed by atoms with van der Waals surface area (Å²) in [6, 6.07) is 1.61. The summed E-state index contributed by atoms with van der Waals surface area (Å²) in [5.74, 6) is 1.33. The maximum absolute atomic E-state index is 11.9. The number of carbonyl (C=O) groups is 1. The number of anilines is 2. The lowest BCUT2D eigenvalue weighted by Gasteiger charge is -2.29. The summed E-state index contributed by atoms with van der Waals surface area (Å²) in [5, 5.41) is 12.9. The van der Waals surface area contributed by atoms with Crippen LogP contribution in [0.1, 0.15) is 45.9 Å². The minimum absolute atomic E-state index is 0.115. The van der Waals surface area contributed by atoms with Crippen molar-refractivity contribution in [2.24, 2.45) is 5.92 Å². The van der Waals surface area contributed by atoms with E-state index in [1.165, 1.54) is 0 Å². The van der Waals surface area contributed by atoms with Crippen LogP contribution in [0.2, 0.25) is 0 Å². The molecule has 0 fully saturated rings. The van der Waals surface area contributed by atoms with Crippen LogP contribution in [0.25, 0.3) is 11.2 Å². The Labute approximate surface area is 203 Å². The topological polar surface area (TPSA) is 143 Å². The van der Waals surface area contributed by atoms with Gasteiger partial charge in [-0.25, -0.2) is 14.9 Å². The molecule has 0 spiro atoms. The van der Waals surface area contributed by atoms with Crippen molar-refractivity contribution in [1.29, 1.82) is 0 Å². The highest BCUT2D eigenvalue weighted by molar-refractivity contribution is 5.85. The molecule has 0 saturated carbocycles. The Bertz CT molecular complexity index is 1260. The third kappa shape index (κ3) is 5.87. The molecule has 1 aliphatic heterocycles. The van der Waals surface area contributed by atoms with Gasteiger partial charge in [-0.1, -0.05) is 6.92 Å². The number of H-pyrrole nitrogens is 1. The molecule has 0 aliphatic carbocycles. The van der Waals surface area contributed by atoms with Crippen LogP contribution >= 0.6 is 0 Å². The highest BCUT2D eigenvalue weighted by atomic mass is 16.6. The smallest absolute Gasteiger partial charge is 0.407 e. The molecule has 0 radical (unpaired) electrons. The monoisotopic (exact) mass is 483 g/mol. The number of aromatic amines is 1. The first-order valence-electron chi connectivity index (χ1n) is 11.9. The molecule has 0 saturated heterocycles. The zero-order chi connectivity index (χ0) is 25.2. The number of nitrogens with one attached hydrogen (secondary N) is 3. The minimum atomic E-state index is -0.534. The van der Waals surface area contributed by atoms with E-state index in [2.05, 4.69) is 30.7 Å². The van der Waals surface area contributed by atoms with Crippen LogP contribution in [0.15, 0.2) is 17.2 Å². The van der Waals surface area contributed by atoms with Gasteiger partial charge in [0.2, 0.25) is 5.95 Å². The molecule has 0 unspecified atom stereocenters. The number of amides is 1. The quantitative estimate of drug-likeness (QED) is 0.460. The van der Waals surface area contributed by atoms with Crippen molar-refractivity contribution in [3.8, 4) is 0 Å². The van der Waals surface area contributed by atoms with Crippen molar-refractivity contribution in [2.75, 3.05) is 29.9 Å². The summed E-state index contributed by atoms with van der Waals surface area (Å²) in [7, 11) is 0. The average molecular weight is 484 g/mol. The number of ether oxygens (including phenoxy) is 1. The number of hydrogen-bond acceptors (Lipinski definition) is 9. The Balaban J connectivity index is 1.50. The molecule has 3 aromatic heterocycles. The van der Waals surface area contributed by atoms with E-state index in [4.69, 9.17) is 14.7 Å². The Kier molecular flexibility index (Phi) is 6.90. The Hall–Kier alpha value is -3.70. The largest absolute Gasteiger partial charge is 0.444 e. The summed E-state index contributed by atoms with van der Waals surface area (Å²) in [4.78, 5) is 39.7. The van der Waals surface area contributed by atoms with Crippen LogP contribution in [0.3, 0.4) is 0 Å². The lowest BCUT2D eigenvalue weighted by Crippen LogP contribution is -2.36. The average Bonchev–Trinajstić information content (AvgIpc) is 3.22. The summed E-state index contributed by atoms with van der Waals surface area (Å²) in [6.45, 7) is 12.5. The third-order valence-electron chi connectivity index (χ3n) is 5.66. The zero-order valence-corrected chi connectivity index (χ0v) is 20.9. The molecule has 188 valence electrons. The second-order valence-corrected chi connectivity index (χ2v) is 9.82. The van der Waals surface area contributed by atoms with Crippen molar-refractivity contribution >= 4 is 29.0 Å². The molecule has 0 bridgehead atoms. The molecule has 1 amide bonds. The number of rotatable bonds is 7. The zero-order valence-electron chi connectivity index (χ0n) is 20.9. The van der Waals surface area contributed by atoms with E-state index >= 15 is 0 Å². The van der Waals surface area contributed by atoms with Crippen LogP contribution in [0.4, 0.5) is 16.6 Å². The summed E-state index contributed by atoms with van der Waals surface area (Å²) in [6.07, 6.45) is 2.03. The molecule has 12 nitrogen and oxygen atoms in total. The van der Waals surface area contributed by atoms with E-state index in [1.807, 2.05) is 39.2 Å². The highest BCUT2D eigenvalue weighted by Gasteiger charge is 2.24. The van der Waals surface area contributed by atoms with Crippen LogP contribution in [-0.2, 0) is 24.2 Å². The molecule has 4 rings (SSSR count). The molecular weight excluding hydrogens is 450 g/mol.